The van der Waals surface area contributed by atoms with E-state index in [1.165, 1.54) is 29.8 Å². The van der Waals surface area contributed by atoms with E-state index >= 15 is 0 Å². The molecule has 0 aliphatic heterocycles. The lowest BCUT2D eigenvalue weighted by Crippen LogP contribution is -2.14. The summed E-state index contributed by atoms with van der Waals surface area (Å²) in [5.74, 6) is -0.823. The molecule has 0 aliphatic carbocycles. The van der Waals surface area contributed by atoms with Crippen LogP contribution in [0.5, 0.6) is 0 Å². The number of benzene rings is 1. The van der Waals surface area contributed by atoms with Crippen LogP contribution in [-0.2, 0) is 4.74 Å². The molecule has 7 heteroatoms. The van der Waals surface area contributed by atoms with Gasteiger partial charge in [-0.25, -0.2) is 9.78 Å². The van der Waals surface area contributed by atoms with Crippen LogP contribution in [0.4, 0.5) is 5.00 Å². The fourth-order valence-corrected chi connectivity index (χ4v) is 4.08. The Kier molecular flexibility index (Phi) is 4.96. The van der Waals surface area contributed by atoms with Crippen molar-refractivity contribution in [1.82, 2.24) is 4.98 Å². The van der Waals surface area contributed by atoms with Crippen molar-refractivity contribution in [2.45, 2.75) is 13.8 Å². The largest absolute Gasteiger partial charge is 0.465 e. The van der Waals surface area contributed by atoms with E-state index in [2.05, 4.69) is 10.3 Å². The molecule has 0 unspecified atom stereocenters. The molecule has 2 aromatic heterocycles. The molecule has 0 atom stereocenters. The number of hydrogen-bond donors (Lipinski definition) is 1. The number of nitrogens with one attached hydrogen (secondary N) is 1. The number of amides is 1. The summed E-state index contributed by atoms with van der Waals surface area (Å²) in [6.45, 7) is 3.93. The van der Waals surface area contributed by atoms with Crippen LogP contribution in [-0.4, -0.2) is 24.0 Å². The summed E-state index contributed by atoms with van der Waals surface area (Å²) in [6.07, 6.45) is 0. The Bertz CT molecular complexity index is 913. The highest BCUT2D eigenvalue weighted by Crippen LogP contribution is 2.40. The first-order valence-electron chi connectivity index (χ1n) is 7.49. The van der Waals surface area contributed by atoms with Crippen molar-refractivity contribution in [2.75, 3.05) is 12.4 Å². The van der Waals surface area contributed by atoms with Crippen LogP contribution in [0.3, 0.4) is 0 Å². The van der Waals surface area contributed by atoms with E-state index < -0.39 is 5.97 Å². The Labute approximate surface area is 153 Å². The third-order valence-electron chi connectivity index (χ3n) is 3.71. The number of carbonyl (C=O) groups is 2. The summed E-state index contributed by atoms with van der Waals surface area (Å²) in [5.41, 5.74) is 5.11. The van der Waals surface area contributed by atoms with Gasteiger partial charge >= 0.3 is 5.97 Å². The summed E-state index contributed by atoms with van der Waals surface area (Å²) in [6, 6.07) is 7.90. The zero-order chi connectivity index (χ0) is 18.0. The van der Waals surface area contributed by atoms with Gasteiger partial charge in [-0.1, -0.05) is 29.8 Å². The fourth-order valence-electron chi connectivity index (χ4n) is 2.49. The predicted octanol–water partition coefficient (Wildman–Crippen LogP) is 4.53. The second-order valence-electron chi connectivity index (χ2n) is 5.42. The van der Waals surface area contributed by atoms with Crippen LogP contribution < -0.4 is 5.32 Å². The summed E-state index contributed by atoms with van der Waals surface area (Å²) in [4.78, 5) is 29.7. The molecule has 3 rings (SSSR count). The first-order valence-corrected chi connectivity index (χ1v) is 9.25. The molecule has 0 fully saturated rings. The number of nitrogens with zero attached hydrogens (tertiary/aromatic N) is 1. The number of carbonyl (C=O) groups excluding carboxylic acids is 2. The van der Waals surface area contributed by atoms with Crippen molar-refractivity contribution in [3.63, 3.8) is 0 Å². The van der Waals surface area contributed by atoms with E-state index in [0.717, 1.165) is 21.6 Å². The number of thiophene rings is 1. The number of aryl methyl sites for hydroxylation is 2. The van der Waals surface area contributed by atoms with Crippen molar-refractivity contribution >= 4 is 39.6 Å². The van der Waals surface area contributed by atoms with Crippen LogP contribution in [0.2, 0.25) is 0 Å². The van der Waals surface area contributed by atoms with Crippen LogP contribution in [0.15, 0.2) is 35.2 Å². The summed E-state index contributed by atoms with van der Waals surface area (Å²) < 4.78 is 4.95. The van der Waals surface area contributed by atoms with E-state index in [9.17, 15) is 9.59 Å². The number of hydrogen-bond acceptors (Lipinski definition) is 6. The number of methoxy groups -OCH3 is 1. The van der Waals surface area contributed by atoms with Gasteiger partial charge in [0.15, 0.2) is 0 Å². The van der Waals surface area contributed by atoms with Gasteiger partial charge in [-0.05, 0) is 19.4 Å². The zero-order valence-electron chi connectivity index (χ0n) is 14.0. The SMILES string of the molecule is COC(=O)c1c(NC(=O)c2cscn2)sc(C)c1-c1ccc(C)cc1. The van der Waals surface area contributed by atoms with Crippen LogP contribution in [0, 0.1) is 13.8 Å². The Morgan fingerprint density at radius 2 is 1.88 bits per heavy atom. The Morgan fingerprint density at radius 3 is 2.48 bits per heavy atom. The molecule has 0 spiro atoms. The van der Waals surface area contributed by atoms with Gasteiger partial charge in [-0.3, -0.25) is 4.79 Å². The number of anilines is 1. The first kappa shape index (κ1) is 17.3. The van der Waals surface area contributed by atoms with Crippen molar-refractivity contribution in [3.05, 3.63) is 56.9 Å². The van der Waals surface area contributed by atoms with Gasteiger partial charge in [0.2, 0.25) is 0 Å². The van der Waals surface area contributed by atoms with Gasteiger partial charge in [0, 0.05) is 15.8 Å². The first-order chi connectivity index (χ1) is 12.0. The van der Waals surface area contributed by atoms with Crippen molar-refractivity contribution < 1.29 is 14.3 Å². The molecule has 3 aromatic rings. The molecular formula is C18H16N2O3S2. The second-order valence-corrected chi connectivity index (χ2v) is 7.37. The molecule has 0 aliphatic rings. The molecule has 128 valence electrons. The fraction of sp³-hybridized carbons (Fsp3) is 0.167. The minimum atomic E-state index is -0.478. The van der Waals surface area contributed by atoms with Crippen molar-refractivity contribution in [1.29, 1.82) is 0 Å². The molecular weight excluding hydrogens is 356 g/mol. The Balaban J connectivity index is 2.07. The van der Waals surface area contributed by atoms with Gasteiger partial charge in [-0.15, -0.1) is 22.7 Å². The van der Waals surface area contributed by atoms with Crippen LogP contribution >= 0.6 is 22.7 Å². The minimum Gasteiger partial charge on any atom is -0.465 e. The smallest absolute Gasteiger partial charge is 0.341 e. The average molecular weight is 372 g/mol. The molecule has 2 heterocycles. The minimum absolute atomic E-state index is 0.323. The zero-order valence-corrected chi connectivity index (χ0v) is 15.6. The molecule has 0 saturated heterocycles. The molecule has 25 heavy (non-hydrogen) atoms. The lowest BCUT2D eigenvalue weighted by atomic mass is 10.0. The maximum absolute atomic E-state index is 12.4. The Morgan fingerprint density at radius 1 is 1.16 bits per heavy atom. The highest BCUT2D eigenvalue weighted by molar-refractivity contribution is 7.17. The Hall–Kier alpha value is -2.51. The average Bonchev–Trinajstić information content (AvgIpc) is 3.23. The molecule has 1 amide bonds. The topological polar surface area (TPSA) is 68.3 Å². The molecule has 0 radical (unpaired) electrons. The predicted molar refractivity (Wildman–Crippen MR) is 101 cm³/mol. The maximum Gasteiger partial charge on any atom is 0.341 e. The quantitative estimate of drug-likeness (QED) is 0.683. The van der Waals surface area contributed by atoms with Gasteiger partial charge in [-0.2, -0.15) is 0 Å². The third-order valence-corrected chi connectivity index (χ3v) is 5.31. The van der Waals surface area contributed by atoms with Crippen molar-refractivity contribution in [2.24, 2.45) is 0 Å². The van der Waals surface area contributed by atoms with E-state index in [1.807, 2.05) is 38.1 Å². The van der Waals surface area contributed by atoms with E-state index in [0.29, 0.717) is 16.3 Å². The number of rotatable bonds is 4. The number of ether oxygens (including phenoxy) is 1. The number of esters is 1. The summed E-state index contributed by atoms with van der Waals surface area (Å²) in [5, 5.41) is 4.92. The van der Waals surface area contributed by atoms with E-state index in [1.54, 1.807) is 10.9 Å². The molecule has 1 N–H and O–H groups in total. The number of thiazole rings is 1. The lowest BCUT2D eigenvalue weighted by molar-refractivity contribution is 0.0603. The van der Waals surface area contributed by atoms with Gasteiger partial charge in [0.25, 0.3) is 5.91 Å². The van der Waals surface area contributed by atoms with Gasteiger partial charge in [0.1, 0.15) is 16.3 Å². The van der Waals surface area contributed by atoms with Crippen LogP contribution in [0.1, 0.15) is 31.3 Å². The highest BCUT2D eigenvalue weighted by Gasteiger charge is 2.25. The maximum atomic E-state index is 12.4. The van der Waals surface area contributed by atoms with Gasteiger partial charge in [0.05, 0.1) is 12.6 Å². The lowest BCUT2D eigenvalue weighted by Gasteiger charge is -2.08. The van der Waals surface area contributed by atoms with E-state index in [4.69, 9.17) is 4.74 Å². The molecule has 0 bridgehead atoms. The van der Waals surface area contributed by atoms with Crippen molar-refractivity contribution in [3.8, 4) is 11.1 Å². The molecule has 5 nitrogen and oxygen atoms in total. The van der Waals surface area contributed by atoms with Crippen LogP contribution in [0.25, 0.3) is 11.1 Å². The normalized spacial score (nSPS) is 10.5. The second kappa shape index (κ2) is 7.16. The van der Waals surface area contributed by atoms with E-state index in [-0.39, 0.29) is 5.91 Å². The summed E-state index contributed by atoms with van der Waals surface area (Å²) in [7, 11) is 1.33. The highest BCUT2D eigenvalue weighted by atomic mass is 32.1. The monoisotopic (exact) mass is 372 g/mol. The van der Waals surface area contributed by atoms with Gasteiger partial charge < -0.3 is 10.1 Å². The number of aromatic nitrogens is 1. The third kappa shape index (κ3) is 3.47. The molecule has 1 aromatic carbocycles. The standard InChI is InChI=1S/C18H16N2O3S2/c1-10-4-6-12(7-5-10)14-11(2)25-17(15(14)18(22)23-3)20-16(21)13-8-24-9-19-13/h4-9H,1-3H3,(H,20,21). The molecule has 0 saturated carbocycles. The summed E-state index contributed by atoms with van der Waals surface area (Å²) >= 11 is 2.69.